The highest BCUT2D eigenvalue weighted by molar-refractivity contribution is 7.99. The molecule has 2 aliphatic rings. The number of thioether (sulfide) groups is 1. The van der Waals surface area contributed by atoms with Crippen LogP contribution >= 0.6 is 23.1 Å². The van der Waals surface area contributed by atoms with E-state index in [4.69, 9.17) is 4.98 Å². The van der Waals surface area contributed by atoms with Crippen molar-refractivity contribution in [2.75, 3.05) is 18.8 Å². The quantitative estimate of drug-likeness (QED) is 0.579. The molecule has 1 saturated heterocycles. The van der Waals surface area contributed by atoms with Crippen molar-refractivity contribution in [1.29, 1.82) is 0 Å². The zero-order valence-corrected chi connectivity index (χ0v) is 18.9. The second-order valence-corrected chi connectivity index (χ2v) is 10.7. The Morgan fingerprint density at radius 2 is 2.07 bits per heavy atom. The number of thiophene rings is 1. The molecule has 0 radical (unpaired) electrons. The van der Waals surface area contributed by atoms with Gasteiger partial charge in [0.05, 0.1) is 11.1 Å². The SMILES string of the molecule is CC1CCc2c(sc3nc(C(C)C)n4c(SCC(=O)N5CCCC5)nnc4c23)C1. The van der Waals surface area contributed by atoms with Gasteiger partial charge in [0.25, 0.3) is 0 Å². The van der Waals surface area contributed by atoms with Crippen LogP contribution in [0.15, 0.2) is 5.16 Å². The number of fused-ring (bicyclic) bond motifs is 5. The minimum absolute atomic E-state index is 0.200. The normalized spacial score (nSPS) is 19.6. The molecule has 0 spiro atoms. The maximum Gasteiger partial charge on any atom is 0.233 e. The fourth-order valence-corrected chi connectivity index (χ4v) is 6.73. The molecule has 3 aromatic rings. The van der Waals surface area contributed by atoms with Gasteiger partial charge in [-0.2, -0.15) is 0 Å². The predicted molar refractivity (Wildman–Crippen MR) is 118 cm³/mol. The fourth-order valence-electron chi connectivity index (χ4n) is 4.50. The van der Waals surface area contributed by atoms with Crippen molar-refractivity contribution >= 4 is 44.9 Å². The third-order valence-electron chi connectivity index (χ3n) is 6.10. The smallest absolute Gasteiger partial charge is 0.233 e. The Balaban J connectivity index is 1.57. The van der Waals surface area contributed by atoms with Crippen molar-refractivity contribution in [2.45, 2.75) is 63.9 Å². The van der Waals surface area contributed by atoms with E-state index >= 15 is 0 Å². The zero-order chi connectivity index (χ0) is 20.1. The van der Waals surface area contributed by atoms with Gasteiger partial charge in [-0.15, -0.1) is 21.5 Å². The van der Waals surface area contributed by atoms with Gasteiger partial charge in [-0.3, -0.25) is 9.20 Å². The Bertz CT molecular complexity index is 1080. The first kappa shape index (κ1) is 19.3. The van der Waals surface area contributed by atoms with E-state index in [1.807, 2.05) is 16.2 Å². The summed E-state index contributed by atoms with van der Waals surface area (Å²) in [5.74, 6) is 2.59. The monoisotopic (exact) mass is 429 g/mol. The Labute approximate surface area is 179 Å². The molecule has 1 amide bonds. The van der Waals surface area contributed by atoms with Gasteiger partial charge in [0.1, 0.15) is 10.7 Å². The van der Waals surface area contributed by atoms with Gasteiger partial charge < -0.3 is 4.90 Å². The summed E-state index contributed by atoms with van der Waals surface area (Å²) in [6, 6.07) is 0. The number of carbonyl (C=O) groups excluding carboxylic acids is 1. The lowest BCUT2D eigenvalue weighted by Crippen LogP contribution is -2.29. The largest absolute Gasteiger partial charge is 0.342 e. The second kappa shape index (κ2) is 7.54. The molecule has 0 bridgehead atoms. The van der Waals surface area contributed by atoms with Crippen molar-refractivity contribution in [2.24, 2.45) is 5.92 Å². The van der Waals surface area contributed by atoms with Gasteiger partial charge in [0.15, 0.2) is 10.8 Å². The molecule has 5 rings (SSSR count). The number of rotatable bonds is 4. The number of likely N-dealkylation sites (tertiary alicyclic amines) is 1. The standard InChI is InChI=1S/C21H27N5OS2/c1-12(2)18-22-20-17(14-7-6-13(3)10-15(14)29-20)19-23-24-21(26(18)19)28-11-16(27)25-8-4-5-9-25/h12-13H,4-11H2,1-3H3. The number of hydrogen-bond donors (Lipinski definition) is 0. The number of carbonyl (C=O) groups is 1. The number of aryl methyl sites for hydroxylation is 1. The van der Waals surface area contributed by atoms with E-state index < -0.39 is 0 Å². The molecule has 8 heteroatoms. The average Bonchev–Trinajstić information content (AvgIpc) is 3.42. The van der Waals surface area contributed by atoms with Crippen LogP contribution in [0.1, 0.15) is 62.2 Å². The summed E-state index contributed by atoms with van der Waals surface area (Å²) in [6.45, 7) is 8.43. The number of nitrogens with zero attached hydrogens (tertiary/aromatic N) is 5. The molecule has 1 fully saturated rings. The van der Waals surface area contributed by atoms with Gasteiger partial charge in [-0.25, -0.2) is 4.98 Å². The van der Waals surface area contributed by atoms with Crippen molar-refractivity contribution < 1.29 is 4.79 Å². The summed E-state index contributed by atoms with van der Waals surface area (Å²) in [7, 11) is 0. The molecule has 154 valence electrons. The van der Waals surface area contributed by atoms with Crippen LogP contribution in [-0.2, 0) is 17.6 Å². The summed E-state index contributed by atoms with van der Waals surface area (Å²) in [5, 5.41) is 11.1. The van der Waals surface area contributed by atoms with Crippen LogP contribution in [0, 0.1) is 5.92 Å². The minimum Gasteiger partial charge on any atom is -0.342 e. The minimum atomic E-state index is 0.200. The van der Waals surface area contributed by atoms with E-state index in [0.29, 0.717) is 5.75 Å². The van der Waals surface area contributed by atoms with Crippen LogP contribution in [0.4, 0.5) is 0 Å². The first-order valence-electron chi connectivity index (χ1n) is 10.6. The average molecular weight is 430 g/mol. The van der Waals surface area contributed by atoms with Gasteiger partial charge in [-0.05, 0) is 43.6 Å². The second-order valence-electron chi connectivity index (χ2n) is 8.67. The van der Waals surface area contributed by atoms with Crippen LogP contribution < -0.4 is 0 Å². The first-order valence-corrected chi connectivity index (χ1v) is 12.4. The highest BCUT2D eigenvalue weighted by Gasteiger charge is 2.27. The Kier molecular flexibility index (Phi) is 5.02. The predicted octanol–water partition coefficient (Wildman–Crippen LogP) is 4.30. The van der Waals surface area contributed by atoms with E-state index in [1.54, 1.807) is 0 Å². The highest BCUT2D eigenvalue weighted by Crippen LogP contribution is 2.40. The van der Waals surface area contributed by atoms with Crippen LogP contribution in [0.2, 0.25) is 0 Å². The molecule has 6 nitrogen and oxygen atoms in total. The highest BCUT2D eigenvalue weighted by atomic mass is 32.2. The third kappa shape index (κ3) is 3.34. The third-order valence-corrected chi connectivity index (χ3v) is 8.16. The molecule has 4 heterocycles. The number of aromatic nitrogens is 4. The van der Waals surface area contributed by atoms with E-state index in [2.05, 4.69) is 35.4 Å². The summed E-state index contributed by atoms with van der Waals surface area (Å²) < 4.78 is 2.11. The molecular formula is C21H27N5OS2. The van der Waals surface area contributed by atoms with Gasteiger partial charge >= 0.3 is 0 Å². The molecule has 3 aromatic heterocycles. The summed E-state index contributed by atoms with van der Waals surface area (Å²) in [4.78, 5) is 22.1. The zero-order valence-electron chi connectivity index (χ0n) is 17.3. The number of hydrogen-bond acceptors (Lipinski definition) is 6. The van der Waals surface area contributed by atoms with Crippen LogP contribution in [0.5, 0.6) is 0 Å². The van der Waals surface area contributed by atoms with Crippen LogP contribution in [0.3, 0.4) is 0 Å². The maximum absolute atomic E-state index is 12.5. The van der Waals surface area contributed by atoms with Gasteiger partial charge in [-0.1, -0.05) is 32.5 Å². The lowest BCUT2D eigenvalue weighted by molar-refractivity contribution is -0.127. The van der Waals surface area contributed by atoms with E-state index in [-0.39, 0.29) is 11.8 Å². The Hall–Kier alpha value is -1.67. The molecule has 1 unspecified atom stereocenters. The van der Waals surface area contributed by atoms with Crippen molar-refractivity contribution in [3.05, 3.63) is 16.3 Å². The Morgan fingerprint density at radius 3 is 2.83 bits per heavy atom. The molecule has 29 heavy (non-hydrogen) atoms. The molecule has 1 atom stereocenters. The summed E-state index contributed by atoms with van der Waals surface area (Å²) in [5.41, 5.74) is 2.34. The Morgan fingerprint density at radius 1 is 1.28 bits per heavy atom. The van der Waals surface area contributed by atoms with Crippen molar-refractivity contribution in [3.63, 3.8) is 0 Å². The molecular weight excluding hydrogens is 402 g/mol. The molecule has 0 saturated carbocycles. The van der Waals surface area contributed by atoms with Crippen molar-refractivity contribution in [3.8, 4) is 0 Å². The summed E-state index contributed by atoms with van der Waals surface area (Å²) >= 11 is 3.33. The van der Waals surface area contributed by atoms with E-state index in [9.17, 15) is 4.79 Å². The maximum atomic E-state index is 12.5. The van der Waals surface area contributed by atoms with Crippen LogP contribution in [-0.4, -0.2) is 49.2 Å². The van der Waals surface area contributed by atoms with Crippen molar-refractivity contribution in [1.82, 2.24) is 24.5 Å². The molecule has 1 aliphatic heterocycles. The van der Waals surface area contributed by atoms with E-state index in [0.717, 1.165) is 66.1 Å². The molecule has 0 N–H and O–H groups in total. The molecule has 0 aromatic carbocycles. The molecule has 1 aliphatic carbocycles. The number of amides is 1. The van der Waals surface area contributed by atoms with Gasteiger partial charge in [0.2, 0.25) is 5.91 Å². The lowest BCUT2D eigenvalue weighted by Gasteiger charge is -2.18. The van der Waals surface area contributed by atoms with Crippen LogP contribution in [0.25, 0.3) is 15.9 Å². The lowest BCUT2D eigenvalue weighted by atomic mass is 9.89. The topological polar surface area (TPSA) is 63.4 Å². The fraction of sp³-hybridized carbons (Fsp3) is 0.619. The first-order chi connectivity index (χ1) is 14.0. The van der Waals surface area contributed by atoms with Gasteiger partial charge in [0, 0.05) is 23.9 Å². The van der Waals surface area contributed by atoms with E-state index in [1.165, 1.54) is 34.0 Å². The summed E-state index contributed by atoms with van der Waals surface area (Å²) in [6.07, 6.45) is 5.69.